The quantitative estimate of drug-likeness (QED) is 0.696. The van der Waals surface area contributed by atoms with Crippen LogP contribution >= 0.6 is 0 Å². The van der Waals surface area contributed by atoms with E-state index in [1.54, 1.807) is 6.92 Å². The van der Waals surface area contributed by atoms with Crippen molar-refractivity contribution in [3.8, 4) is 11.4 Å². The van der Waals surface area contributed by atoms with Crippen molar-refractivity contribution in [1.82, 2.24) is 9.97 Å². The van der Waals surface area contributed by atoms with Gasteiger partial charge in [-0.3, -0.25) is 14.9 Å². The molecule has 0 saturated carbocycles. The van der Waals surface area contributed by atoms with Gasteiger partial charge in [-0.1, -0.05) is 6.92 Å². The lowest BCUT2D eigenvalue weighted by Gasteiger charge is -2.08. The van der Waals surface area contributed by atoms with E-state index in [4.69, 9.17) is 0 Å². The highest BCUT2D eigenvalue weighted by molar-refractivity contribution is 5.61. The van der Waals surface area contributed by atoms with Gasteiger partial charge in [0.1, 0.15) is 11.6 Å². The molecule has 0 fully saturated rings. The van der Waals surface area contributed by atoms with E-state index < -0.39 is 33.4 Å². The molecule has 0 radical (unpaired) electrons. The number of hydrogen-bond donors (Lipinski definition) is 1. The number of nitro benzene ring substituents is 1. The Balaban J connectivity index is 2.78. The molecule has 21 heavy (non-hydrogen) atoms. The van der Waals surface area contributed by atoms with Gasteiger partial charge >= 0.3 is 5.69 Å². The largest absolute Gasteiger partial charge is 0.306 e. The van der Waals surface area contributed by atoms with Gasteiger partial charge in [0.05, 0.1) is 16.2 Å². The van der Waals surface area contributed by atoms with Crippen molar-refractivity contribution in [3.63, 3.8) is 0 Å². The summed E-state index contributed by atoms with van der Waals surface area (Å²) in [6, 6.07) is 1.49. The molecule has 0 aliphatic carbocycles. The first-order valence-electron chi connectivity index (χ1n) is 6.09. The summed E-state index contributed by atoms with van der Waals surface area (Å²) in [5, 5.41) is 10.7. The van der Waals surface area contributed by atoms with E-state index in [1.807, 2.05) is 0 Å². The Labute approximate surface area is 117 Å². The monoisotopic (exact) mass is 295 g/mol. The van der Waals surface area contributed by atoms with Gasteiger partial charge in [0.15, 0.2) is 0 Å². The number of hydrogen-bond acceptors (Lipinski definition) is 4. The molecule has 0 amide bonds. The zero-order valence-corrected chi connectivity index (χ0v) is 11.2. The van der Waals surface area contributed by atoms with Gasteiger partial charge in [-0.15, -0.1) is 0 Å². The van der Waals surface area contributed by atoms with E-state index >= 15 is 0 Å². The smallest absolute Gasteiger partial charge is 0.305 e. The second-order valence-electron chi connectivity index (χ2n) is 4.35. The number of nitrogens with zero attached hydrogens (tertiary/aromatic N) is 2. The molecule has 0 bridgehead atoms. The fourth-order valence-corrected chi connectivity index (χ4v) is 1.94. The van der Waals surface area contributed by atoms with Crippen LogP contribution in [0.2, 0.25) is 0 Å². The van der Waals surface area contributed by atoms with Gasteiger partial charge in [0.2, 0.25) is 5.82 Å². The number of benzene rings is 1. The number of rotatable bonds is 3. The normalized spacial score (nSPS) is 10.7. The second kappa shape index (κ2) is 5.39. The van der Waals surface area contributed by atoms with Gasteiger partial charge in [0.25, 0.3) is 5.56 Å². The standard InChI is InChI=1S/C13H11F2N3O3/c1-3-8-6(2)13(19)17-12(16-8)10-7(14)4-5-9(11(10)15)18(20)21/h4-5H,3H2,1-2H3,(H,16,17,19). The van der Waals surface area contributed by atoms with Crippen LogP contribution in [-0.4, -0.2) is 14.9 Å². The molecule has 1 heterocycles. The summed E-state index contributed by atoms with van der Waals surface area (Å²) < 4.78 is 27.9. The van der Waals surface area contributed by atoms with Crippen LogP contribution in [0.25, 0.3) is 11.4 Å². The molecule has 0 aliphatic heterocycles. The molecule has 0 unspecified atom stereocenters. The molecular weight excluding hydrogens is 284 g/mol. The summed E-state index contributed by atoms with van der Waals surface area (Å²) in [4.78, 5) is 27.7. The minimum atomic E-state index is -1.37. The maximum absolute atomic E-state index is 14.1. The predicted octanol–water partition coefficient (Wildman–Crippen LogP) is 2.49. The highest BCUT2D eigenvalue weighted by Crippen LogP contribution is 2.29. The van der Waals surface area contributed by atoms with Crippen LogP contribution in [0.5, 0.6) is 0 Å². The number of nitro groups is 1. The zero-order valence-electron chi connectivity index (χ0n) is 11.2. The summed E-state index contributed by atoms with van der Waals surface area (Å²) >= 11 is 0. The van der Waals surface area contributed by atoms with Crippen LogP contribution in [0.3, 0.4) is 0 Å². The van der Waals surface area contributed by atoms with Crippen LogP contribution < -0.4 is 5.56 Å². The first-order valence-corrected chi connectivity index (χ1v) is 6.09. The molecule has 1 aromatic heterocycles. The van der Waals surface area contributed by atoms with Gasteiger partial charge in [0, 0.05) is 11.6 Å². The van der Waals surface area contributed by atoms with Crippen LogP contribution in [-0.2, 0) is 6.42 Å². The third-order valence-electron chi connectivity index (χ3n) is 3.09. The molecule has 1 N–H and O–H groups in total. The molecular formula is C13H11F2N3O3. The summed E-state index contributed by atoms with van der Waals surface area (Å²) in [5.74, 6) is -2.76. The zero-order chi connectivity index (χ0) is 15.7. The third kappa shape index (κ3) is 2.51. The van der Waals surface area contributed by atoms with Gasteiger partial charge < -0.3 is 4.98 Å². The number of H-pyrrole nitrogens is 1. The molecule has 0 aliphatic rings. The first-order chi connectivity index (χ1) is 9.86. The van der Waals surface area contributed by atoms with Crippen molar-refractivity contribution < 1.29 is 13.7 Å². The maximum atomic E-state index is 14.1. The minimum Gasteiger partial charge on any atom is -0.306 e. The van der Waals surface area contributed by atoms with E-state index in [1.165, 1.54) is 6.92 Å². The van der Waals surface area contributed by atoms with E-state index in [9.17, 15) is 23.7 Å². The molecule has 6 nitrogen and oxygen atoms in total. The molecule has 1 aromatic carbocycles. The summed E-state index contributed by atoms with van der Waals surface area (Å²) in [7, 11) is 0. The average Bonchev–Trinajstić information content (AvgIpc) is 2.42. The van der Waals surface area contributed by atoms with Crippen molar-refractivity contribution in [2.24, 2.45) is 0 Å². The SMILES string of the molecule is CCc1nc(-c2c(F)ccc([N+](=O)[O-])c2F)[nH]c(=O)c1C. The minimum absolute atomic E-state index is 0.340. The Morgan fingerprint density at radius 3 is 2.62 bits per heavy atom. The third-order valence-corrected chi connectivity index (χ3v) is 3.09. The topological polar surface area (TPSA) is 88.9 Å². The van der Waals surface area contributed by atoms with Crippen molar-refractivity contribution in [1.29, 1.82) is 0 Å². The Morgan fingerprint density at radius 2 is 2.05 bits per heavy atom. The fraction of sp³-hybridized carbons (Fsp3) is 0.231. The lowest BCUT2D eigenvalue weighted by Crippen LogP contribution is -2.16. The van der Waals surface area contributed by atoms with Gasteiger partial charge in [-0.05, 0) is 19.4 Å². The molecule has 8 heteroatoms. The Kier molecular flexibility index (Phi) is 3.79. The molecule has 2 rings (SSSR count). The number of aromatic nitrogens is 2. The summed E-state index contributed by atoms with van der Waals surface area (Å²) in [6.07, 6.45) is 0.390. The average molecular weight is 295 g/mol. The lowest BCUT2D eigenvalue weighted by molar-refractivity contribution is -0.387. The van der Waals surface area contributed by atoms with E-state index in [0.29, 0.717) is 17.7 Å². The number of nitrogens with one attached hydrogen (secondary N) is 1. The van der Waals surface area contributed by atoms with Crippen molar-refractivity contribution in [3.05, 3.63) is 55.5 Å². The first kappa shape index (κ1) is 14.8. The molecule has 2 aromatic rings. The summed E-state index contributed by atoms with van der Waals surface area (Å²) in [6.45, 7) is 3.27. The second-order valence-corrected chi connectivity index (χ2v) is 4.35. The molecule has 110 valence electrons. The summed E-state index contributed by atoms with van der Waals surface area (Å²) in [5.41, 5.74) is -1.42. The van der Waals surface area contributed by atoms with Crippen molar-refractivity contribution in [2.45, 2.75) is 20.3 Å². The van der Waals surface area contributed by atoms with Crippen LogP contribution in [0.4, 0.5) is 14.5 Å². The highest BCUT2D eigenvalue weighted by atomic mass is 19.1. The van der Waals surface area contributed by atoms with Crippen molar-refractivity contribution >= 4 is 5.69 Å². The highest BCUT2D eigenvalue weighted by Gasteiger charge is 2.24. The Morgan fingerprint density at radius 1 is 1.38 bits per heavy atom. The molecule has 0 saturated heterocycles. The van der Waals surface area contributed by atoms with Crippen LogP contribution in [0.15, 0.2) is 16.9 Å². The number of aryl methyl sites for hydroxylation is 1. The Hall–Kier alpha value is -2.64. The van der Waals surface area contributed by atoms with E-state index in [0.717, 1.165) is 12.1 Å². The maximum Gasteiger partial charge on any atom is 0.305 e. The lowest BCUT2D eigenvalue weighted by atomic mass is 10.1. The van der Waals surface area contributed by atoms with Gasteiger partial charge in [-0.25, -0.2) is 9.37 Å². The van der Waals surface area contributed by atoms with Gasteiger partial charge in [-0.2, -0.15) is 4.39 Å². The molecule has 0 spiro atoms. The fourth-order valence-electron chi connectivity index (χ4n) is 1.94. The van der Waals surface area contributed by atoms with E-state index in [-0.39, 0.29) is 5.82 Å². The predicted molar refractivity (Wildman–Crippen MR) is 71.0 cm³/mol. The Bertz CT molecular complexity index is 787. The molecule has 0 atom stereocenters. The van der Waals surface area contributed by atoms with Crippen LogP contribution in [0.1, 0.15) is 18.2 Å². The number of halogens is 2. The van der Waals surface area contributed by atoms with E-state index in [2.05, 4.69) is 9.97 Å². The number of aromatic amines is 1. The van der Waals surface area contributed by atoms with Crippen LogP contribution in [0, 0.1) is 28.7 Å². The van der Waals surface area contributed by atoms with Crippen molar-refractivity contribution in [2.75, 3.05) is 0 Å².